The topological polar surface area (TPSA) is 61.8 Å². The molecule has 2 heterocycles. The van der Waals surface area contributed by atoms with Gasteiger partial charge in [0, 0.05) is 22.7 Å². The monoisotopic (exact) mass is 317 g/mol. The molecule has 1 aromatic heterocycles. The van der Waals surface area contributed by atoms with E-state index in [9.17, 15) is 5.11 Å². The Kier molecular flexibility index (Phi) is 4.64. The van der Waals surface area contributed by atoms with E-state index in [1.54, 1.807) is 11.3 Å². The number of nitrogens with two attached hydrogens (primary N) is 1. The van der Waals surface area contributed by atoms with E-state index in [4.69, 9.17) is 5.73 Å². The van der Waals surface area contributed by atoms with Gasteiger partial charge in [-0.25, -0.2) is 0 Å². The van der Waals surface area contributed by atoms with Crippen LogP contribution in [0.5, 0.6) is 0 Å². The first-order chi connectivity index (χ1) is 10.6. The normalized spacial score (nSPS) is 21.3. The molecule has 118 valence electrons. The van der Waals surface area contributed by atoms with Gasteiger partial charge >= 0.3 is 0 Å². The number of piperidine rings is 1. The molecule has 2 atom stereocenters. The summed E-state index contributed by atoms with van der Waals surface area (Å²) >= 11 is 1.62. The van der Waals surface area contributed by atoms with Crippen LogP contribution in [-0.4, -0.2) is 35.6 Å². The van der Waals surface area contributed by atoms with Crippen molar-refractivity contribution >= 4 is 27.4 Å². The highest BCUT2D eigenvalue weighted by Crippen LogP contribution is 2.29. The molecule has 1 saturated heterocycles. The lowest BCUT2D eigenvalue weighted by Crippen LogP contribution is -2.43. The molecule has 4 nitrogen and oxygen atoms in total. The maximum absolute atomic E-state index is 10.4. The number of aliphatic hydroxyl groups excluding tert-OH is 1. The molecular formula is C17H23N3OS. The van der Waals surface area contributed by atoms with Crippen molar-refractivity contribution in [2.24, 2.45) is 16.6 Å². The largest absolute Gasteiger partial charge is 0.386 e. The van der Waals surface area contributed by atoms with Crippen LogP contribution < -0.4 is 5.73 Å². The van der Waals surface area contributed by atoms with E-state index in [1.807, 2.05) is 18.2 Å². The second kappa shape index (κ2) is 6.67. The first kappa shape index (κ1) is 15.3. The lowest BCUT2D eigenvalue weighted by molar-refractivity contribution is 0.190. The Bertz CT molecular complexity index is 634. The van der Waals surface area contributed by atoms with Crippen molar-refractivity contribution in [3.8, 4) is 0 Å². The zero-order valence-electron chi connectivity index (χ0n) is 12.9. The summed E-state index contributed by atoms with van der Waals surface area (Å²) in [6.45, 7) is 4.50. The zero-order valence-corrected chi connectivity index (χ0v) is 13.7. The van der Waals surface area contributed by atoms with Gasteiger partial charge in [-0.1, -0.05) is 25.1 Å². The average molecular weight is 317 g/mol. The van der Waals surface area contributed by atoms with E-state index < -0.39 is 6.10 Å². The second-order valence-corrected chi connectivity index (χ2v) is 7.21. The van der Waals surface area contributed by atoms with Crippen molar-refractivity contribution in [2.75, 3.05) is 19.6 Å². The minimum atomic E-state index is -0.585. The van der Waals surface area contributed by atoms with E-state index in [-0.39, 0.29) is 0 Å². The number of nitrogens with zero attached hydrogens (tertiary/aromatic N) is 2. The summed E-state index contributed by atoms with van der Waals surface area (Å²) in [5.74, 6) is 1.22. The number of guanidine groups is 1. The van der Waals surface area contributed by atoms with Crippen LogP contribution in [0, 0.1) is 5.92 Å². The van der Waals surface area contributed by atoms with Crippen LogP contribution in [0.25, 0.3) is 10.1 Å². The standard InChI is InChI=1S/C17H23N3OS/c1-12-5-4-8-20(11-12)17(18)19-10-14(21)16-9-13-6-2-3-7-15(13)22-16/h2-3,6-7,9,12,14,21H,4-5,8,10-11H2,1H3,(H2,18,19). The Labute approximate surface area is 135 Å². The Morgan fingerprint density at radius 3 is 3.09 bits per heavy atom. The van der Waals surface area contributed by atoms with Crippen molar-refractivity contribution in [3.05, 3.63) is 35.2 Å². The lowest BCUT2D eigenvalue weighted by Gasteiger charge is -2.31. The van der Waals surface area contributed by atoms with Crippen LogP contribution in [0.3, 0.4) is 0 Å². The smallest absolute Gasteiger partial charge is 0.191 e. The van der Waals surface area contributed by atoms with E-state index in [0.717, 1.165) is 24.4 Å². The third-order valence-electron chi connectivity index (χ3n) is 4.18. The minimum absolute atomic E-state index is 0.323. The second-order valence-electron chi connectivity index (χ2n) is 6.09. The number of aliphatic imine (C=N–C) groups is 1. The molecule has 1 aliphatic heterocycles. The van der Waals surface area contributed by atoms with E-state index in [2.05, 4.69) is 28.9 Å². The number of benzene rings is 1. The molecule has 5 heteroatoms. The van der Waals surface area contributed by atoms with Crippen LogP contribution >= 0.6 is 11.3 Å². The average Bonchev–Trinajstić information content (AvgIpc) is 2.96. The third kappa shape index (κ3) is 3.42. The molecule has 0 spiro atoms. The summed E-state index contributed by atoms with van der Waals surface area (Å²) in [6.07, 6.45) is 1.84. The molecule has 2 aromatic rings. The number of fused-ring (bicyclic) bond motifs is 1. The predicted octanol–water partition coefficient (Wildman–Crippen LogP) is 2.98. The van der Waals surface area contributed by atoms with Gasteiger partial charge in [0.05, 0.1) is 6.54 Å². The molecule has 1 aliphatic rings. The van der Waals surface area contributed by atoms with E-state index in [1.165, 1.54) is 16.5 Å². The molecule has 0 amide bonds. The first-order valence-electron chi connectivity index (χ1n) is 7.85. The molecular weight excluding hydrogens is 294 g/mol. The summed E-state index contributed by atoms with van der Waals surface area (Å²) in [5.41, 5.74) is 6.08. The van der Waals surface area contributed by atoms with Gasteiger partial charge in [0.25, 0.3) is 0 Å². The summed E-state index contributed by atoms with van der Waals surface area (Å²) in [4.78, 5) is 7.49. The lowest BCUT2D eigenvalue weighted by atomic mass is 10.0. The first-order valence-corrected chi connectivity index (χ1v) is 8.66. The van der Waals surface area contributed by atoms with Crippen LogP contribution in [0.4, 0.5) is 0 Å². The Morgan fingerprint density at radius 1 is 1.50 bits per heavy atom. The molecule has 1 aromatic carbocycles. The predicted molar refractivity (Wildman–Crippen MR) is 93.2 cm³/mol. The Morgan fingerprint density at radius 2 is 2.32 bits per heavy atom. The number of hydrogen-bond acceptors (Lipinski definition) is 3. The van der Waals surface area contributed by atoms with Crippen molar-refractivity contribution in [2.45, 2.75) is 25.9 Å². The molecule has 2 unspecified atom stereocenters. The van der Waals surface area contributed by atoms with Crippen molar-refractivity contribution < 1.29 is 5.11 Å². The number of rotatable bonds is 3. The van der Waals surface area contributed by atoms with Crippen LogP contribution in [0.15, 0.2) is 35.3 Å². The number of hydrogen-bond donors (Lipinski definition) is 2. The van der Waals surface area contributed by atoms with Gasteiger partial charge in [-0.3, -0.25) is 4.99 Å². The molecule has 22 heavy (non-hydrogen) atoms. The summed E-state index contributed by atoms with van der Waals surface area (Å²) in [5, 5.41) is 11.5. The summed E-state index contributed by atoms with van der Waals surface area (Å²) < 4.78 is 1.19. The fourth-order valence-electron chi connectivity index (χ4n) is 2.93. The van der Waals surface area contributed by atoms with Crippen molar-refractivity contribution in [1.82, 2.24) is 4.90 Å². The van der Waals surface area contributed by atoms with Crippen LogP contribution in [-0.2, 0) is 0 Å². The summed E-state index contributed by atoms with van der Waals surface area (Å²) in [6, 6.07) is 10.2. The Hall–Kier alpha value is -1.59. The van der Waals surface area contributed by atoms with Gasteiger partial charge < -0.3 is 15.7 Å². The number of thiophene rings is 1. The van der Waals surface area contributed by atoms with Gasteiger partial charge in [0.1, 0.15) is 6.10 Å². The highest BCUT2D eigenvalue weighted by Gasteiger charge is 2.18. The Balaban J connectivity index is 1.65. The third-order valence-corrected chi connectivity index (χ3v) is 5.40. The van der Waals surface area contributed by atoms with Gasteiger partial charge in [0.2, 0.25) is 0 Å². The molecule has 0 radical (unpaired) electrons. The van der Waals surface area contributed by atoms with Gasteiger partial charge in [-0.15, -0.1) is 11.3 Å². The van der Waals surface area contributed by atoms with Gasteiger partial charge in [-0.05, 0) is 36.3 Å². The van der Waals surface area contributed by atoms with Crippen LogP contribution in [0.2, 0.25) is 0 Å². The fourth-order valence-corrected chi connectivity index (χ4v) is 3.98. The van der Waals surface area contributed by atoms with Gasteiger partial charge in [-0.2, -0.15) is 0 Å². The minimum Gasteiger partial charge on any atom is -0.386 e. The van der Waals surface area contributed by atoms with Crippen molar-refractivity contribution in [1.29, 1.82) is 0 Å². The number of likely N-dealkylation sites (tertiary alicyclic amines) is 1. The highest BCUT2D eigenvalue weighted by atomic mass is 32.1. The van der Waals surface area contributed by atoms with E-state index >= 15 is 0 Å². The fraction of sp³-hybridized carbons (Fsp3) is 0.471. The quantitative estimate of drug-likeness (QED) is 0.676. The maximum Gasteiger partial charge on any atom is 0.191 e. The number of aliphatic hydroxyl groups is 1. The molecule has 0 bridgehead atoms. The van der Waals surface area contributed by atoms with Crippen molar-refractivity contribution in [3.63, 3.8) is 0 Å². The zero-order chi connectivity index (χ0) is 15.5. The SMILES string of the molecule is CC1CCCN(C(N)=NCC(O)c2cc3ccccc3s2)C1. The van der Waals surface area contributed by atoms with E-state index in [0.29, 0.717) is 18.4 Å². The molecule has 0 aliphatic carbocycles. The highest BCUT2D eigenvalue weighted by molar-refractivity contribution is 7.19. The molecule has 3 rings (SSSR count). The van der Waals surface area contributed by atoms with Crippen LogP contribution in [0.1, 0.15) is 30.7 Å². The maximum atomic E-state index is 10.4. The van der Waals surface area contributed by atoms with Gasteiger partial charge in [0.15, 0.2) is 5.96 Å². The summed E-state index contributed by atoms with van der Waals surface area (Å²) in [7, 11) is 0. The molecule has 0 saturated carbocycles. The molecule has 1 fully saturated rings. The molecule has 3 N–H and O–H groups in total.